The van der Waals surface area contributed by atoms with E-state index in [-0.39, 0.29) is 23.7 Å². The maximum Gasteiger partial charge on any atom is 0.338 e. The van der Waals surface area contributed by atoms with Crippen LogP contribution < -0.4 is 10.2 Å². The summed E-state index contributed by atoms with van der Waals surface area (Å²) in [4.78, 5) is 26.9. The molecule has 0 unspecified atom stereocenters. The van der Waals surface area contributed by atoms with Crippen LogP contribution in [0.2, 0.25) is 0 Å². The maximum absolute atomic E-state index is 12.6. The van der Waals surface area contributed by atoms with Gasteiger partial charge in [-0.2, -0.15) is 0 Å². The number of thioether (sulfide) groups is 1. The van der Waals surface area contributed by atoms with E-state index in [0.29, 0.717) is 28.9 Å². The molecule has 1 fully saturated rings. The summed E-state index contributed by atoms with van der Waals surface area (Å²) in [7, 11) is 0. The van der Waals surface area contributed by atoms with Gasteiger partial charge < -0.3 is 19.4 Å². The Labute approximate surface area is 209 Å². The number of hydrogen-bond acceptors (Lipinski definition) is 8. The molecule has 3 aromatic rings. The van der Waals surface area contributed by atoms with Gasteiger partial charge in [0.2, 0.25) is 11.9 Å². The number of nitrogens with one attached hydrogen (secondary N) is 1. The lowest BCUT2D eigenvalue weighted by atomic mass is 10.00. The van der Waals surface area contributed by atoms with Crippen molar-refractivity contribution in [2.45, 2.75) is 51.4 Å². The number of carbonyl (C=O) groups is 2. The third kappa shape index (κ3) is 6.66. The average molecular weight is 498 g/mol. The van der Waals surface area contributed by atoms with Crippen LogP contribution in [0, 0.1) is 5.92 Å². The quantitative estimate of drug-likeness (QED) is 0.342. The zero-order chi connectivity index (χ0) is 24.8. The Bertz CT molecular complexity index is 1120. The first-order valence-electron chi connectivity index (χ1n) is 11.8. The highest BCUT2D eigenvalue weighted by atomic mass is 32.2. The second kappa shape index (κ2) is 11.4. The highest BCUT2D eigenvalue weighted by Crippen LogP contribution is 2.27. The lowest BCUT2D eigenvalue weighted by Gasteiger charge is -2.31. The number of amides is 1. The van der Waals surface area contributed by atoms with Crippen LogP contribution in [0.3, 0.4) is 0 Å². The van der Waals surface area contributed by atoms with Gasteiger partial charge in [-0.05, 0) is 69.0 Å². The number of hydrogen-bond donors (Lipinski definition) is 1. The van der Waals surface area contributed by atoms with E-state index in [1.54, 1.807) is 44.4 Å². The van der Waals surface area contributed by atoms with E-state index in [4.69, 9.17) is 9.15 Å². The Hall–Kier alpha value is -3.27. The first-order chi connectivity index (χ1) is 16.9. The fourth-order valence-electron chi connectivity index (χ4n) is 3.83. The summed E-state index contributed by atoms with van der Waals surface area (Å²) < 4.78 is 12.8. The van der Waals surface area contributed by atoms with Crippen LogP contribution in [0.1, 0.15) is 49.7 Å². The molecular weight excluding hydrogens is 466 g/mol. The second-order valence-electron chi connectivity index (χ2n) is 8.99. The molecule has 0 aliphatic carbocycles. The van der Waals surface area contributed by atoms with Crippen molar-refractivity contribution in [3.05, 3.63) is 54.0 Å². The van der Waals surface area contributed by atoms with Crippen molar-refractivity contribution in [3.8, 4) is 0 Å². The number of ether oxygens (including phenoxy) is 1. The molecule has 35 heavy (non-hydrogen) atoms. The van der Waals surface area contributed by atoms with Gasteiger partial charge in [0.15, 0.2) is 5.16 Å². The van der Waals surface area contributed by atoms with Gasteiger partial charge in [-0.15, -0.1) is 10.2 Å². The lowest BCUT2D eigenvalue weighted by molar-refractivity contribution is -0.113. The van der Waals surface area contributed by atoms with E-state index in [1.807, 2.05) is 16.7 Å². The minimum absolute atomic E-state index is 0.171. The number of rotatable bonds is 9. The van der Waals surface area contributed by atoms with Crippen LogP contribution in [-0.2, 0) is 16.1 Å². The Morgan fingerprint density at radius 1 is 1.17 bits per heavy atom. The lowest BCUT2D eigenvalue weighted by Crippen LogP contribution is -2.35. The molecule has 0 saturated carbocycles. The van der Waals surface area contributed by atoms with Crippen molar-refractivity contribution < 1.29 is 18.7 Å². The molecule has 0 radical (unpaired) electrons. The number of furan rings is 1. The topological polar surface area (TPSA) is 102 Å². The van der Waals surface area contributed by atoms with Crippen molar-refractivity contribution in [1.29, 1.82) is 0 Å². The number of nitrogens with zero attached hydrogens (tertiary/aromatic N) is 4. The molecule has 1 aliphatic rings. The second-order valence-corrected chi connectivity index (χ2v) is 9.93. The number of esters is 1. The monoisotopic (exact) mass is 497 g/mol. The van der Waals surface area contributed by atoms with E-state index in [2.05, 4.69) is 27.3 Å². The molecule has 1 N–H and O–H groups in total. The predicted octanol–water partition coefficient (Wildman–Crippen LogP) is 4.45. The Morgan fingerprint density at radius 3 is 2.57 bits per heavy atom. The molecule has 1 saturated heterocycles. The van der Waals surface area contributed by atoms with Gasteiger partial charge in [-0.25, -0.2) is 4.79 Å². The number of carbonyl (C=O) groups excluding carboxylic acids is 2. The van der Waals surface area contributed by atoms with Gasteiger partial charge in [-0.1, -0.05) is 18.7 Å². The van der Waals surface area contributed by atoms with E-state index in [9.17, 15) is 9.59 Å². The summed E-state index contributed by atoms with van der Waals surface area (Å²) >= 11 is 1.33. The van der Waals surface area contributed by atoms with Crippen molar-refractivity contribution >= 4 is 35.3 Å². The van der Waals surface area contributed by atoms with Gasteiger partial charge in [0.05, 0.1) is 30.2 Å². The van der Waals surface area contributed by atoms with E-state index in [0.717, 1.165) is 37.6 Å². The van der Waals surface area contributed by atoms with Gasteiger partial charge in [0.25, 0.3) is 0 Å². The Balaban J connectivity index is 1.39. The molecule has 0 spiro atoms. The van der Waals surface area contributed by atoms with Crippen LogP contribution in [0.25, 0.3) is 0 Å². The maximum atomic E-state index is 12.6. The molecule has 1 aliphatic heterocycles. The molecular formula is C25H31N5O4S. The third-order valence-electron chi connectivity index (χ3n) is 5.74. The molecule has 9 nitrogen and oxygen atoms in total. The van der Waals surface area contributed by atoms with Crippen molar-refractivity contribution in [2.24, 2.45) is 5.92 Å². The zero-order valence-electron chi connectivity index (χ0n) is 20.3. The smallest absolute Gasteiger partial charge is 0.338 e. The van der Waals surface area contributed by atoms with Gasteiger partial charge in [0.1, 0.15) is 5.76 Å². The number of piperidine rings is 1. The summed E-state index contributed by atoms with van der Waals surface area (Å²) in [6.07, 6.45) is 3.70. The summed E-state index contributed by atoms with van der Waals surface area (Å²) in [5, 5.41) is 12.4. The molecule has 1 amide bonds. The molecule has 186 valence electrons. The molecule has 3 heterocycles. The fourth-order valence-corrected chi connectivity index (χ4v) is 4.56. The fraction of sp³-hybridized carbons (Fsp3) is 0.440. The summed E-state index contributed by atoms with van der Waals surface area (Å²) in [6, 6.07) is 10.4. The number of benzene rings is 1. The van der Waals surface area contributed by atoms with E-state index >= 15 is 0 Å². The number of anilines is 2. The first kappa shape index (κ1) is 24.8. The molecule has 4 rings (SSSR count). The molecule has 2 aromatic heterocycles. The molecule has 0 bridgehead atoms. The van der Waals surface area contributed by atoms with Crippen molar-refractivity contribution in [3.63, 3.8) is 0 Å². The highest BCUT2D eigenvalue weighted by molar-refractivity contribution is 7.99. The SMILES string of the molecule is CC1CCN(c2nnc(SCC(=O)Nc3ccc(C(=O)OC(C)C)cc3)n2Cc2ccco2)CC1. The minimum atomic E-state index is -0.386. The van der Waals surface area contributed by atoms with Gasteiger partial charge in [-0.3, -0.25) is 9.36 Å². The highest BCUT2D eigenvalue weighted by Gasteiger charge is 2.23. The average Bonchev–Trinajstić information content (AvgIpc) is 3.49. The van der Waals surface area contributed by atoms with E-state index < -0.39 is 0 Å². The molecule has 1 aromatic carbocycles. The molecule has 0 atom stereocenters. The van der Waals surface area contributed by atoms with Crippen molar-refractivity contribution in [1.82, 2.24) is 14.8 Å². The van der Waals surface area contributed by atoms with Crippen LogP contribution in [0.4, 0.5) is 11.6 Å². The zero-order valence-corrected chi connectivity index (χ0v) is 21.1. The normalized spacial score (nSPS) is 14.3. The van der Waals surface area contributed by atoms with Crippen LogP contribution >= 0.6 is 11.8 Å². The molecule has 10 heteroatoms. The van der Waals surface area contributed by atoms with Crippen LogP contribution in [0.5, 0.6) is 0 Å². The van der Waals surface area contributed by atoms with Crippen LogP contribution in [0.15, 0.2) is 52.2 Å². The van der Waals surface area contributed by atoms with Gasteiger partial charge >= 0.3 is 5.97 Å². The first-order valence-corrected chi connectivity index (χ1v) is 12.8. The Kier molecular flexibility index (Phi) is 8.12. The van der Waals surface area contributed by atoms with Crippen LogP contribution in [-0.4, -0.2) is 51.6 Å². The summed E-state index contributed by atoms with van der Waals surface area (Å²) in [5.41, 5.74) is 1.05. The third-order valence-corrected chi connectivity index (χ3v) is 6.70. The van der Waals surface area contributed by atoms with Gasteiger partial charge in [0, 0.05) is 18.8 Å². The predicted molar refractivity (Wildman–Crippen MR) is 135 cm³/mol. The summed E-state index contributed by atoms with van der Waals surface area (Å²) in [5.74, 6) is 1.93. The van der Waals surface area contributed by atoms with Crippen molar-refractivity contribution in [2.75, 3.05) is 29.1 Å². The minimum Gasteiger partial charge on any atom is -0.467 e. The summed E-state index contributed by atoms with van der Waals surface area (Å²) in [6.45, 7) is 8.24. The largest absolute Gasteiger partial charge is 0.467 e. The number of aromatic nitrogens is 3. The van der Waals surface area contributed by atoms with E-state index in [1.165, 1.54) is 11.8 Å². The standard InChI is InChI=1S/C25H31N5O4S/c1-17(2)34-23(32)19-6-8-20(9-7-19)26-22(31)16-35-25-28-27-24(29-12-10-18(3)11-13-29)30(25)15-21-5-4-14-33-21/h4-9,14,17-18H,10-13,15-16H2,1-3H3,(H,26,31). The Morgan fingerprint density at radius 2 is 1.91 bits per heavy atom.